The van der Waals surface area contributed by atoms with Gasteiger partial charge in [-0.2, -0.15) is 0 Å². The highest BCUT2D eigenvalue weighted by Crippen LogP contribution is 2.07. The molecule has 84 valence electrons. The van der Waals surface area contributed by atoms with Crippen LogP contribution in [0.3, 0.4) is 0 Å². The highest BCUT2D eigenvalue weighted by atomic mass is 16.4. The van der Waals surface area contributed by atoms with Gasteiger partial charge < -0.3 is 35.4 Å². The van der Waals surface area contributed by atoms with E-state index in [-0.39, 0.29) is 6.29 Å². The molecule has 0 fully saturated rings. The van der Waals surface area contributed by atoms with E-state index in [1.165, 1.54) is 0 Å². The standard InChI is InChI=1S/C7H14O7/c8-1-3(10)5(12)7(14)6(13)4(11)2-9/h1,3-7,9-14H,2H2/t3-,4+,5+,6+,7-/m0/s1. The fraction of sp³-hybridized carbons (Fsp3) is 0.857. The highest BCUT2D eigenvalue weighted by molar-refractivity contribution is 5.56. The lowest BCUT2D eigenvalue weighted by atomic mass is 10.0. The zero-order chi connectivity index (χ0) is 11.3. The summed E-state index contributed by atoms with van der Waals surface area (Å²) in [7, 11) is 0. The van der Waals surface area contributed by atoms with Crippen LogP contribution in [0.15, 0.2) is 0 Å². The number of hydrogen-bond acceptors (Lipinski definition) is 7. The van der Waals surface area contributed by atoms with Gasteiger partial charge in [0, 0.05) is 0 Å². The van der Waals surface area contributed by atoms with Crippen LogP contribution in [-0.2, 0) is 4.79 Å². The number of carbonyl (C=O) groups is 1. The molecule has 0 spiro atoms. The molecular formula is C7H14O7. The van der Waals surface area contributed by atoms with Crippen molar-refractivity contribution >= 4 is 6.29 Å². The van der Waals surface area contributed by atoms with Crippen molar-refractivity contribution in [3.8, 4) is 0 Å². The maximum Gasteiger partial charge on any atom is 0.151 e. The Morgan fingerprint density at radius 1 is 0.929 bits per heavy atom. The average Bonchev–Trinajstić information content (AvgIpc) is 2.23. The first-order valence-corrected chi connectivity index (χ1v) is 3.92. The lowest BCUT2D eigenvalue weighted by molar-refractivity contribution is -0.147. The fourth-order valence-corrected chi connectivity index (χ4v) is 0.820. The molecule has 0 rings (SSSR count). The summed E-state index contributed by atoms with van der Waals surface area (Å²) >= 11 is 0. The van der Waals surface area contributed by atoms with Crippen molar-refractivity contribution in [3.05, 3.63) is 0 Å². The number of aliphatic hydroxyl groups is 6. The number of aldehydes is 1. The second kappa shape index (κ2) is 6.02. The summed E-state index contributed by atoms with van der Waals surface area (Å²) in [5.41, 5.74) is 0. The van der Waals surface area contributed by atoms with Crippen LogP contribution in [-0.4, -0.2) is 74.1 Å². The second-order valence-electron chi connectivity index (χ2n) is 2.85. The van der Waals surface area contributed by atoms with Gasteiger partial charge in [0.15, 0.2) is 6.29 Å². The van der Waals surface area contributed by atoms with Crippen LogP contribution in [0.25, 0.3) is 0 Å². The maximum atomic E-state index is 10.00. The maximum absolute atomic E-state index is 10.00. The highest BCUT2D eigenvalue weighted by Gasteiger charge is 2.33. The number of hydrogen-bond donors (Lipinski definition) is 6. The topological polar surface area (TPSA) is 138 Å². The van der Waals surface area contributed by atoms with E-state index >= 15 is 0 Å². The Balaban J connectivity index is 4.29. The predicted molar refractivity (Wildman–Crippen MR) is 43.2 cm³/mol. The van der Waals surface area contributed by atoms with E-state index < -0.39 is 37.1 Å². The average molecular weight is 210 g/mol. The molecule has 0 aromatic rings. The molecule has 0 bridgehead atoms. The molecule has 0 unspecified atom stereocenters. The Bertz CT molecular complexity index is 173. The van der Waals surface area contributed by atoms with Crippen molar-refractivity contribution in [2.45, 2.75) is 30.5 Å². The molecule has 0 aromatic heterocycles. The Hall–Kier alpha value is -0.570. The van der Waals surface area contributed by atoms with Crippen molar-refractivity contribution < 1.29 is 35.4 Å². The minimum Gasteiger partial charge on any atom is -0.394 e. The van der Waals surface area contributed by atoms with Crippen LogP contribution in [0, 0.1) is 0 Å². The first kappa shape index (κ1) is 13.4. The van der Waals surface area contributed by atoms with Gasteiger partial charge in [0.2, 0.25) is 0 Å². The molecule has 14 heavy (non-hydrogen) atoms. The van der Waals surface area contributed by atoms with E-state index in [9.17, 15) is 4.79 Å². The summed E-state index contributed by atoms with van der Waals surface area (Å²) in [6.45, 7) is -0.817. The molecule has 0 amide bonds. The Kier molecular flexibility index (Phi) is 5.77. The lowest BCUT2D eigenvalue weighted by Gasteiger charge is -2.26. The summed E-state index contributed by atoms with van der Waals surface area (Å²) in [5, 5.41) is 53.2. The molecular weight excluding hydrogens is 196 g/mol. The molecule has 0 aliphatic heterocycles. The van der Waals surface area contributed by atoms with Crippen molar-refractivity contribution in [1.82, 2.24) is 0 Å². The molecule has 0 radical (unpaired) electrons. The normalized spacial score (nSPS) is 22.1. The van der Waals surface area contributed by atoms with Crippen molar-refractivity contribution in [2.24, 2.45) is 0 Å². The number of aliphatic hydroxyl groups excluding tert-OH is 6. The van der Waals surface area contributed by atoms with Gasteiger partial charge in [-0.3, -0.25) is 0 Å². The summed E-state index contributed by atoms with van der Waals surface area (Å²) in [6, 6.07) is 0. The zero-order valence-electron chi connectivity index (χ0n) is 7.26. The van der Waals surface area contributed by atoms with Crippen LogP contribution < -0.4 is 0 Å². The molecule has 7 nitrogen and oxygen atoms in total. The summed E-state index contributed by atoms with van der Waals surface area (Å²) < 4.78 is 0. The lowest BCUT2D eigenvalue weighted by Crippen LogP contribution is -2.50. The third-order valence-corrected chi connectivity index (χ3v) is 1.77. The first-order chi connectivity index (χ1) is 6.45. The van der Waals surface area contributed by atoms with Crippen LogP contribution in [0.5, 0.6) is 0 Å². The molecule has 7 heteroatoms. The first-order valence-electron chi connectivity index (χ1n) is 3.92. The fourth-order valence-electron chi connectivity index (χ4n) is 0.820. The van der Waals surface area contributed by atoms with Gasteiger partial charge in [0.25, 0.3) is 0 Å². The molecule has 6 N–H and O–H groups in total. The van der Waals surface area contributed by atoms with Crippen LogP contribution in [0.1, 0.15) is 0 Å². The van der Waals surface area contributed by atoms with Crippen LogP contribution in [0.2, 0.25) is 0 Å². The molecule has 0 aliphatic rings. The molecule has 5 atom stereocenters. The van der Waals surface area contributed by atoms with E-state index in [4.69, 9.17) is 30.6 Å². The third-order valence-electron chi connectivity index (χ3n) is 1.77. The Morgan fingerprint density at radius 3 is 1.79 bits per heavy atom. The van der Waals surface area contributed by atoms with Gasteiger partial charge in [-0.1, -0.05) is 0 Å². The molecule has 0 saturated carbocycles. The molecule has 0 heterocycles. The van der Waals surface area contributed by atoms with Gasteiger partial charge in [0.05, 0.1) is 6.61 Å². The van der Waals surface area contributed by atoms with Crippen molar-refractivity contribution in [3.63, 3.8) is 0 Å². The Labute approximate surface area is 79.9 Å². The van der Waals surface area contributed by atoms with Gasteiger partial charge in [0.1, 0.15) is 30.5 Å². The van der Waals surface area contributed by atoms with Gasteiger partial charge in [-0.15, -0.1) is 0 Å². The smallest absolute Gasteiger partial charge is 0.151 e. The second-order valence-corrected chi connectivity index (χ2v) is 2.85. The minimum absolute atomic E-state index is 0.0219. The largest absolute Gasteiger partial charge is 0.394 e. The van der Waals surface area contributed by atoms with Gasteiger partial charge in [-0.25, -0.2) is 0 Å². The minimum atomic E-state index is -1.92. The van der Waals surface area contributed by atoms with E-state index in [1.807, 2.05) is 0 Å². The predicted octanol–water partition coefficient (Wildman–Crippen LogP) is -4.02. The number of carbonyl (C=O) groups excluding carboxylic acids is 1. The van der Waals surface area contributed by atoms with E-state index in [2.05, 4.69) is 0 Å². The van der Waals surface area contributed by atoms with E-state index in [0.717, 1.165) is 0 Å². The van der Waals surface area contributed by atoms with Crippen molar-refractivity contribution in [1.29, 1.82) is 0 Å². The van der Waals surface area contributed by atoms with E-state index in [0.29, 0.717) is 0 Å². The molecule has 0 aromatic carbocycles. The third kappa shape index (κ3) is 3.29. The quantitative estimate of drug-likeness (QED) is 0.245. The molecule has 0 saturated heterocycles. The van der Waals surface area contributed by atoms with Crippen LogP contribution in [0.4, 0.5) is 0 Å². The number of rotatable bonds is 6. The summed E-state index contributed by atoms with van der Waals surface area (Å²) in [6.07, 6.45) is -9.21. The zero-order valence-corrected chi connectivity index (χ0v) is 7.26. The molecule has 0 aliphatic carbocycles. The van der Waals surface area contributed by atoms with Crippen molar-refractivity contribution in [2.75, 3.05) is 6.61 Å². The van der Waals surface area contributed by atoms with Gasteiger partial charge >= 0.3 is 0 Å². The Morgan fingerprint density at radius 2 is 1.43 bits per heavy atom. The monoisotopic (exact) mass is 210 g/mol. The van der Waals surface area contributed by atoms with E-state index in [1.54, 1.807) is 0 Å². The van der Waals surface area contributed by atoms with Gasteiger partial charge in [-0.05, 0) is 0 Å². The van der Waals surface area contributed by atoms with Crippen LogP contribution >= 0.6 is 0 Å². The summed E-state index contributed by atoms with van der Waals surface area (Å²) in [5.74, 6) is 0. The SMILES string of the molecule is O=C[C@H](O)[C@@H](O)[C@H](O)[C@H](O)[C@H](O)CO. The summed E-state index contributed by atoms with van der Waals surface area (Å²) in [4.78, 5) is 10.00.